The first-order valence-corrected chi connectivity index (χ1v) is 4.51. The molecule has 0 spiro atoms. The highest BCUT2D eigenvalue weighted by Crippen LogP contribution is 2.32. The molecular formula is C10H13ClO2. The zero-order valence-corrected chi connectivity index (χ0v) is 8.51. The fourth-order valence-electron chi connectivity index (χ4n) is 1.23. The van der Waals surface area contributed by atoms with Gasteiger partial charge in [-0.1, -0.05) is 30.7 Å². The summed E-state index contributed by atoms with van der Waals surface area (Å²) in [7, 11) is 1.58. The topological polar surface area (TPSA) is 29.5 Å². The van der Waals surface area contributed by atoms with Gasteiger partial charge in [0, 0.05) is 18.1 Å². The van der Waals surface area contributed by atoms with E-state index in [1.807, 2.05) is 19.1 Å². The molecule has 0 aromatic heterocycles. The van der Waals surface area contributed by atoms with Crippen molar-refractivity contribution in [2.45, 2.75) is 12.8 Å². The summed E-state index contributed by atoms with van der Waals surface area (Å²) in [6, 6.07) is 5.53. The van der Waals surface area contributed by atoms with E-state index in [1.54, 1.807) is 13.2 Å². The van der Waals surface area contributed by atoms with Crippen LogP contribution in [0.5, 0.6) is 5.75 Å². The lowest BCUT2D eigenvalue weighted by atomic mass is 10.0. The number of methoxy groups -OCH3 is 1. The maximum absolute atomic E-state index is 9.00. The monoisotopic (exact) mass is 200 g/mol. The van der Waals surface area contributed by atoms with Crippen LogP contribution in [0.25, 0.3) is 0 Å². The molecule has 1 aromatic rings. The molecule has 0 bridgehead atoms. The summed E-state index contributed by atoms with van der Waals surface area (Å²) in [4.78, 5) is 0. The summed E-state index contributed by atoms with van der Waals surface area (Å²) >= 11 is 5.92. The minimum Gasteiger partial charge on any atom is -0.495 e. The number of para-hydroxylation sites is 1. The molecule has 2 nitrogen and oxygen atoms in total. The van der Waals surface area contributed by atoms with Crippen molar-refractivity contribution in [1.82, 2.24) is 0 Å². The van der Waals surface area contributed by atoms with E-state index in [4.69, 9.17) is 21.4 Å². The predicted octanol–water partition coefficient (Wildman–Crippen LogP) is 2.44. The van der Waals surface area contributed by atoms with Crippen LogP contribution in [0.4, 0.5) is 0 Å². The van der Waals surface area contributed by atoms with Crippen LogP contribution in [-0.2, 0) is 0 Å². The first-order valence-electron chi connectivity index (χ1n) is 4.14. The number of aliphatic hydroxyl groups is 1. The second-order valence-electron chi connectivity index (χ2n) is 2.95. The van der Waals surface area contributed by atoms with Gasteiger partial charge >= 0.3 is 0 Å². The van der Waals surface area contributed by atoms with Gasteiger partial charge in [0.25, 0.3) is 0 Å². The van der Waals surface area contributed by atoms with Crippen LogP contribution in [0.15, 0.2) is 18.2 Å². The Morgan fingerprint density at radius 2 is 2.23 bits per heavy atom. The van der Waals surface area contributed by atoms with Crippen molar-refractivity contribution in [3.05, 3.63) is 28.8 Å². The van der Waals surface area contributed by atoms with E-state index in [2.05, 4.69) is 0 Å². The average molecular weight is 201 g/mol. The number of ether oxygens (including phenoxy) is 1. The van der Waals surface area contributed by atoms with Crippen molar-refractivity contribution < 1.29 is 9.84 Å². The van der Waals surface area contributed by atoms with E-state index in [-0.39, 0.29) is 12.5 Å². The van der Waals surface area contributed by atoms with Crippen molar-refractivity contribution in [2.75, 3.05) is 13.7 Å². The van der Waals surface area contributed by atoms with Gasteiger partial charge in [-0.15, -0.1) is 0 Å². The molecule has 0 heterocycles. The minimum absolute atomic E-state index is 0.0497. The third-order valence-corrected chi connectivity index (χ3v) is 2.30. The van der Waals surface area contributed by atoms with Crippen LogP contribution >= 0.6 is 11.6 Å². The fraction of sp³-hybridized carbons (Fsp3) is 0.400. The molecule has 1 N–H and O–H groups in total. The van der Waals surface area contributed by atoms with Gasteiger partial charge in [0.05, 0.1) is 12.1 Å². The van der Waals surface area contributed by atoms with Crippen molar-refractivity contribution in [3.8, 4) is 5.75 Å². The number of halogens is 1. The Morgan fingerprint density at radius 1 is 1.54 bits per heavy atom. The van der Waals surface area contributed by atoms with Crippen molar-refractivity contribution >= 4 is 11.6 Å². The summed E-state index contributed by atoms with van der Waals surface area (Å²) < 4.78 is 5.16. The summed E-state index contributed by atoms with van der Waals surface area (Å²) in [6.45, 7) is 2.02. The first kappa shape index (κ1) is 10.4. The van der Waals surface area contributed by atoms with E-state index in [9.17, 15) is 0 Å². The molecule has 72 valence electrons. The summed E-state index contributed by atoms with van der Waals surface area (Å²) in [6.07, 6.45) is 0. The van der Waals surface area contributed by atoms with Crippen LogP contribution < -0.4 is 4.74 Å². The highest BCUT2D eigenvalue weighted by Gasteiger charge is 2.12. The van der Waals surface area contributed by atoms with Gasteiger partial charge in [0.1, 0.15) is 5.75 Å². The molecule has 0 amide bonds. The molecule has 3 heteroatoms. The Kier molecular flexibility index (Phi) is 3.58. The van der Waals surface area contributed by atoms with Crippen molar-refractivity contribution in [2.24, 2.45) is 0 Å². The molecule has 0 fully saturated rings. The van der Waals surface area contributed by atoms with Crippen LogP contribution in [0.3, 0.4) is 0 Å². The standard InChI is InChI=1S/C10H13ClO2/c1-7(6-12)8-4-3-5-9(11)10(8)13-2/h3-5,7,12H,6H2,1-2H3. The van der Waals surface area contributed by atoms with E-state index in [0.717, 1.165) is 5.56 Å². The minimum atomic E-state index is 0.0497. The third-order valence-electron chi connectivity index (χ3n) is 2.01. The Hall–Kier alpha value is -0.730. The molecule has 0 saturated heterocycles. The number of hydrogen-bond donors (Lipinski definition) is 1. The maximum atomic E-state index is 9.00. The average Bonchev–Trinajstić information content (AvgIpc) is 2.16. The second-order valence-corrected chi connectivity index (χ2v) is 3.35. The summed E-state index contributed by atoms with van der Waals surface area (Å²) in [5.74, 6) is 0.708. The summed E-state index contributed by atoms with van der Waals surface area (Å²) in [5, 5.41) is 9.58. The van der Waals surface area contributed by atoms with Gasteiger partial charge < -0.3 is 9.84 Å². The first-order chi connectivity index (χ1) is 6.20. The van der Waals surface area contributed by atoms with Crippen LogP contribution in [-0.4, -0.2) is 18.8 Å². The van der Waals surface area contributed by atoms with E-state index in [0.29, 0.717) is 10.8 Å². The van der Waals surface area contributed by atoms with Gasteiger partial charge in [-0.3, -0.25) is 0 Å². The van der Waals surface area contributed by atoms with Crippen LogP contribution in [0.2, 0.25) is 5.02 Å². The SMILES string of the molecule is COc1c(Cl)cccc1C(C)CO. The van der Waals surface area contributed by atoms with E-state index < -0.39 is 0 Å². The van der Waals surface area contributed by atoms with Crippen molar-refractivity contribution in [3.63, 3.8) is 0 Å². The third kappa shape index (κ3) is 2.14. The smallest absolute Gasteiger partial charge is 0.140 e. The largest absolute Gasteiger partial charge is 0.495 e. The highest BCUT2D eigenvalue weighted by molar-refractivity contribution is 6.32. The van der Waals surface area contributed by atoms with Gasteiger partial charge in [0.15, 0.2) is 0 Å². The quantitative estimate of drug-likeness (QED) is 0.812. The van der Waals surface area contributed by atoms with Gasteiger partial charge in [-0.2, -0.15) is 0 Å². The Labute approximate surface area is 83.1 Å². The van der Waals surface area contributed by atoms with E-state index in [1.165, 1.54) is 0 Å². The van der Waals surface area contributed by atoms with Crippen LogP contribution in [0.1, 0.15) is 18.4 Å². The molecule has 0 aliphatic carbocycles. The molecule has 0 aliphatic rings. The molecule has 0 aliphatic heterocycles. The lowest BCUT2D eigenvalue weighted by molar-refractivity contribution is 0.270. The van der Waals surface area contributed by atoms with Crippen molar-refractivity contribution in [1.29, 1.82) is 0 Å². The number of rotatable bonds is 3. The predicted molar refractivity (Wildman–Crippen MR) is 53.5 cm³/mol. The fourth-order valence-corrected chi connectivity index (χ4v) is 1.49. The molecule has 13 heavy (non-hydrogen) atoms. The molecule has 0 saturated carbocycles. The zero-order chi connectivity index (χ0) is 9.84. The van der Waals surface area contributed by atoms with Gasteiger partial charge in [-0.25, -0.2) is 0 Å². The zero-order valence-electron chi connectivity index (χ0n) is 7.75. The normalized spacial score (nSPS) is 12.6. The molecular weight excluding hydrogens is 188 g/mol. The highest BCUT2D eigenvalue weighted by atomic mass is 35.5. The Bertz CT molecular complexity index is 286. The van der Waals surface area contributed by atoms with Crippen LogP contribution in [0, 0.1) is 0 Å². The lowest BCUT2D eigenvalue weighted by Gasteiger charge is -2.14. The molecule has 1 aromatic carbocycles. The van der Waals surface area contributed by atoms with Gasteiger partial charge in [-0.05, 0) is 6.07 Å². The number of benzene rings is 1. The Morgan fingerprint density at radius 3 is 2.77 bits per heavy atom. The number of aliphatic hydroxyl groups excluding tert-OH is 1. The molecule has 1 unspecified atom stereocenters. The molecule has 1 atom stereocenters. The van der Waals surface area contributed by atoms with Gasteiger partial charge in [0.2, 0.25) is 0 Å². The molecule has 0 radical (unpaired) electrons. The summed E-state index contributed by atoms with van der Waals surface area (Å²) in [5.41, 5.74) is 0.942. The maximum Gasteiger partial charge on any atom is 0.140 e. The second kappa shape index (κ2) is 4.49. The number of hydrogen-bond acceptors (Lipinski definition) is 2. The molecule has 1 rings (SSSR count). The van der Waals surface area contributed by atoms with E-state index >= 15 is 0 Å². The lowest BCUT2D eigenvalue weighted by Crippen LogP contribution is -2.01. The Balaban J connectivity index is 3.12.